The van der Waals surface area contributed by atoms with Gasteiger partial charge in [-0.3, -0.25) is 0 Å². The maximum Gasteiger partial charge on any atom is 0.158 e. The predicted molar refractivity (Wildman–Crippen MR) is 152 cm³/mol. The number of hydrogen-bond donors (Lipinski definition) is 0. The fourth-order valence-corrected chi connectivity index (χ4v) is 5.72. The first kappa shape index (κ1) is 31.0. The third-order valence-electron chi connectivity index (χ3n) is 7.25. The van der Waals surface area contributed by atoms with Crippen LogP contribution in [0.1, 0.15) is 135 Å². The lowest BCUT2D eigenvalue weighted by Crippen LogP contribution is -2.19. The predicted octanol–water partition coefficient (Wildman–Crippen LogP) is 9.04. The Morgan fingerprint density at radius 1 is 0.771 bits per heavy atom. The summed E-state index contributed by atoms with van der Waals surface area (Å²) in [5, 5.41) is 2.19. The Hall–Kier alpha value is -0.230. The van der Waals surface area contributed by atoms with Gasteiger partial charge in [0.15, 0.2) is 6.29 Å². The highest BCUT2D eigenvalue weighted by atomic mass is 32.2. The Morgan fingerprint density at radius 3 is 2.00 bits per heavy atom. The van der Waals surface area contributed by atoms with Gasteiger partial charge in [0.1, 0.15) is 6.10 Å². The second-order valence-electron chi connectivity index (χ2n) is 10.6. The summed E-state index contributed by atoms with van der Waals surface area (Å²) in [5.74, 6) is 1.13. The van der Waals surface area contributed by atoms with Gasteiger partial charge in [0.2, 0.25) is 0 Å². The summed E-state index contributed by atoms with van der Waals surface area (Å²) in [6, 6.07) is 0. The van der Waals surface area contributed by atoms with E-state index in [4.69, 9.17) is 14.2 Å². The minimum atomic E-state index is 0.00312. The zero-order chi connectivity index (χ0) is 24.7. The largest absolute Gasteiger partial charge is 0.379 e. The molecule has 0 bridgehead atoms. The van der Waals surface area contributed by atoms with E-state index in [2.05, 4.69) is 23.4 Å². The standard InChI is InChI=1S/C30H57NO3S/c1-2-3-4-5-6-7-8-9-10-11-12-13-14-15-18-21-30-33-27-29(34-30)26-32-24-20-17-16-19-22-31-23-25-35-28-31/h23,25,29-30H,2-22,24,26-28H2,1H3. The van der Waals surface area contributed by atoms with Gasteiger partial charge >= 0.3 is 0 Å². The SMILES string of the molecule is CCCCCCCCCCCCCCCCCC1OCC(COCCCCCCN2C=CSC2)O1. The minimum absolute atomic E-state index is 0.00312. The molecule has 1 fully saturated rings. The van der Waals surface area contributed by atoms with E-state index in [1.807, 2.05) is 11.8 Å². The zero-order valence-electron chi connectivity index (χ0n) is 23.1. The molecule has 2 atom stereocenters. The van der Waals surface area contributed by atoms with Gasteiger partial charge in [-0.15, -0.1) is 11.8 Å². The van der Waals surface area contributed by atoms with Crippen molar-refractivity contribution in [1.29, 1.82) is 0 Å². The van der Waals surface area contributed by atoms with Crippen molar-refractivity contribution in [2.75, 3.05) is 32.2 Å². The lowest BCUT2D eigenvalue weighted by Gasteiger charge is -2.14. The van der Waals surface area contributed by atoms with Gasteiger partial charge in [0, 0.05) is 19.4 Å². The third-order valence-corrected chi connectivity index (χ3v) is 8.05. The van der Waals surface area contributed by atoms with Crippen LogP contribution < -0.4 is 0 Å². The fraction of sp³-hybridized carbons (Fsp3) is 0.933. The second kappa shape index (κ2) is 22.9. The first-order valence-electron chi connectivity index (χ1n) is 15.3. The molecule has 2 unspecified atom stereocenters. The van der Waals surface area contributed by atoms with Gasteiger partial charge in [0.05, 0.1) is 19.1 Å². The molecular weight excluding hydrogens is 454 g/mol. The molecule has 0 aromatic rings. The van der Waals surface area contributed by atoms with Gasteiger partial charge in [-0.05, 0) is 31.1 Å². The molecule has 35 heavy (non-hydrogen) atoms. The summed E-state index contributed by atoms with van der Waals surface area (Å²) in [7, 11) is 0. The molecule has 2 aliphatic rings. The molecule has 4 nitrogen and oxygen atoms in total. The lowest BCUT2D eigenvalue weighted by molar-refractivity contribution is -0.0761. The Morgan fingerprint density at radius 2 is 1.37 bits per heavy atom. The van der Waals surface area contributed by atoms with Crippen LogP contribution in [0.2, 0.25) is 0 Å². The Bertz CT molecular complexity index is 490. The van der Waals surface area contributed by atoms with Crippen molar-refractivity contribution in [3.8, 4) is 0 Å². The molecule has 5 heteroatoms. The fourth-order valence-electron chi connectivity index (χ4n) is 4.97. The molecule has 0 amide bonds. The second-order valence-corrected chi connectivity index (χ2v) is 11.5. The van der Waals surface area contributed by atoms with Gasteiger partial charge in [0.25, 0.3) is 0 Å². The van der Waals surface area contributed by atoms with Crippen molar-refractivity contribution in [2.45, 2.75) is 148 Å². The molecule has 0 aromatic heterocycles. The van der Waals surface area contributed by atoms with Crippen molar-refractivity contribution < 1.29 is 14.2 Å². The van der Waals surface area contributed by atoms with Crippen LogP contribution in [0.4, 0.5) is 0 Å². The highest BCUT2D eigenvalue weighted by Gasteiger charge is 2.25. The van der Waals surface area contributed by atoms with E-state index >= 15 is 0 Å². The molecular formula is C30H57NO3S. The Kier molecular flexibility index (Phi) is 20.3. The molecule has 206 valence electrons. The van der Waals surface area contributed by atoms with E-state index in [1.165, 1.54) is 122 Å². The third kappa shape index (κ3) is 17.8. The van der Waals surface area contributed by atoms with Crippen molar-refractivity contribution in [3.05, 3.63) is 11.6 Å². The van der Waals surface area contributed by atoms with Crippen LogP contribution in [0, 0.1) is 0 Å². The lowest BCUT2D eigenvalue weighted by atomic mass is 10.0. The van der Waals surface area contributed by atoms with E-state index in [9.17, 15) is 0 Å². The van der Waals surface area contributed by atoms with Crippen LogP contribution in [0.25, 0.3) is 0 Å². The summed E-state index contributed by atoms with van der Waals surface area (Å²) in [6.07, 6.45) is 29.5. The number of hydrogen-bond acceptors (Lipinski definition) is 5. The molecule has 1 saturated heterocycles. The Labute approximate surface area is 222 Å². The first-order chi connectivity index (χ1) is 17.4. The van der Waals surface area contributed by atoms with Gasteiger partial charge in [-0.2, -0.15) is 0 Å². The summed E-state index contributed by atoms with van der Waals surface area (Å²) in [6.45, 7) is 5.72. The van der Waals surface area contributed by atoms with Crippen molar-refractivity contribution in [1.82, 2.24) is 4.90 Å². The molecule has 0 saturated carbocycles. The maximum atomic E-state index is 6.02. The van der Waals surface area contributed by atoms with Crippen molar-refractivity contribution in [2.24, 2.45) is 0 Å². The molecule has 0 N–H and O–H groups in total. The summed E-state index contributed by atoms with van der Waals surface area (Å²) in [5.41, 5.74) is 0. The van der Waals surface area contributed by atoms with E-state index in [1.54, 1.807) is 0 Å². The first-order valence-corrected chi connectivity index (χ1v) is 16.3. The molecule has 0 spiro atoms. The monoisotopic (exact) mass is 511 g/mol. The van der Waals surface area contributed by atoms with E-state index in [0.717, 1.165) is 25.3 Å². The van der Waals surface area contributed by atoms with Crippen LogP contribution in [0.3, 0.4) is 0 Å². The molecule has 0 aromatic carbocycles. The van der Waals surface area contributed by atoms with Gasteiger partial charge in [-0.1, -0.05) is 110 Å². The van der Waals surface area contributed by atoms with E-state index < -0.39 is 0 Å². The zero-order valence-corrected chi connectivity index (χ0v) is 23.9. The molecule has 2 aliphatic heterocycles. The highest BCUT2D eigenvalue weighted by molar-refractivity contribution is 8.02. The summed E-state index contributed by atoms with van der Waals surface area (Å²) >= 11 is 1.89. The van der Waals surface area contributed by atoms with E-state index in [0.29, 0.717) is 13.2 Å². The van der Waals surface area contributed by atoms with Crippen molar-refractivity contribution >= 4 is 11.8 Å². The average Bonchev–Trinajstić information content (AvgIpc) is 3.55. The molecule has 0 aliphatic carbocycles. The number of ether oxygens (including phenoxy) is 3. The average molecular weight is 512 g/mol. The van der Waals surface area contributed by atoms with Crippen LogP contribution >= 0.6 is 11.8 Å². The smallest absolute Gasteiger partial charge is 0.158 e. The molecule has 0 radical (unpaired) electrons. The number of thioether (sulfide) groups is 1. The minimum Gasteiger partial charge on any atom is -0.379 e. The van der Waals surface area contributed by atoms with Crippen LogP contribution in [0.15, 0.2) is 11.6 Å². The van der Waals surface area contributed by atoms with E-state index in [-0.39, 0.29) is 12.4 Å². The van der Waals surface area contributed by atoms with Gasteiger partial charge in [-0.25, -0.2) is 0 Å². The number of rotatable bonds is 25. The van der Waals surface area contributed by atoms with Gasteiger partial charge < -0.3 is 19.1 Å². The summed E-state index contributed by atoms with van der Waals surface area (Å²) < 4.78 is 17.7. The molecule has 2 rings (SSSR count). The maximum absolute atomic E-state index is 6.02. The molecule has 2 heterocycles. The quantitative estimate of drug-likeness (QED) is 0.114. The van der Waals surface area contributed by atoms with Crippen LogP contribution in [-0.4, -0.2) is 49.5 Å². The van der Waals surface area contributed by atoms with Crippen LogP contribution in [0.5, 0.6) is 0 Å². The number of unbranched alkanes of at least 4 members (excludes halogenated alkanes) is 17. The van der Waals surface area contributed by atoms with Crippen molar-refractivity contribution in [3.63, 3.8) is 0 Å². The van der Waals surface area contributed by atoms with Crippen LogP contribution in [-0.2, 0) is 14.2 Å². The highest BCUT2D eigenvalue weighted by Crippen LogP contribution is 2.19. The number of nitrogens with zero attached hydrogens (tertiary/aromatic N) is 1. The Balaban J connectivity index is 1.25. The topological polar surface area (TPSA) is 30.9 Å². The normalized spacial score (nSPS) is 19.9. The summed E-state index contributed by atoms with van der Waals surface area (Å²) in [4.78, 5) is 2.40.